The molecule has 0 radical (unpaired) electrons. The van der Waals surface area contributed by atoms with Gasteiger partial charge in [-0.2, -0.15) is 4.98 Å². The topological polar surface area (TPSA) is 107 Å². The van der Waals surface area contributed by atoms with Gasteiger partial charge < -0.3 is 20.8 Å². The molecule has 0 aliphatic rings. The van der Waals surface area contributed by atoms with Crippen LogP contribution in [0.2, 0.25) is 0 Å². The van der Waals surface area contributed by atoms with Crippen LogP contribution in [0.4, 0.5) is 23.1 Å². The molecule has 0 amide bonds. The third-order valence-electron chi connectivity index (χ3n) is 3.14. The van der Waals surface area contributed by atoms with Gasteiger partial charge in [-0.1, -0.05) is 12.1 Å². The molecular formula is C17H14N4O3. The lowest BCUT2D eigenvalue weighted by Crippen LogP contribution is -2.01. The first-order valence-corrected chi connectivity index (χ1v) is 7.10. The second kappa shape index (κ2) is 6.66. The number of aromatic hydroxyl groups is 1. The van der Waals surface area contributed by atoms with Crippen LogP contribution in [0, 0.1) is 0 Å². The number of carboxylic acid groups (broad SMARTS) is 1. The second-order valence-corrected chi connectivity index (χ2v) is 4.95. The van der Waals surface area contributed by atoms with Crippen LogP contribution < -0.4 is 10.6 Å². The molecule has 0 atom stereocenters. The van der Waals surface area contributed by atoms with Crippen molar-refractivity contribution in [2.45, 2.75) is 0 Å². The van der Waals surface area contributed by atoms with Crippen LogP contribution in [0.25, 0.3) is 0 Å². The molecule has 0 spiro atoms. The van der Waals surface area contributed by atoms with Crippen molar-refractivity contribution < 1.29 is 15.0 Å². The minimum Gasteiger partial charge on any atom is -0.508 e. The first-order valence-electron chi connectivity index (χ1n) is 7.10. The fourth-order valence-electron chi connectivity index (χ4n) is 2.08. The van der Waals surface area contributed by atoms with E-state index < -0.39 is 5.97 Å². The van der Waals surface area contributed by atoms with E-state index in [0.717, 1.165) is 0 Å². The van der Waals surface area contributed by atoms with E-state index in [2.05, 4.69) is 20.6 Å². The summed E-state index contributed by atoms with van der Waals surface area (Å²) in [5.41, 5.74) is 1.45. The normalized spacial score (nSPS) is 10.2. The maximum absolute atomic E-state index is 11.0. The number of hydrogen-bond acceptors (Lipinski definition) is 6. The summed E-state index contributed by atoms with van der Waals surface area (Å²) in [5.74, 6) is 0.00234. The lowest BCUT2D eigenvalue weighted by molar-refractivity contribution is 0.0697. The summed E-state index contributed by atoms with van der Waals surface area (Å²) in [6, 6.07) is 14.7. The predicted molar refractivity (Wildman–Crippen MR) is 90.1 cm³/mol. The van der Waals surface area contributed by atoms with E-state index in [1.54, 1.807) is 48.7 Å². The number of phenols is 1. The Bertz CT molecular complexity index is 883. The molecule has 0 saturated carbocycles. The Kier molecular flexibility index (Phi) is 4.24. The third-order valence-corrected chi connectivity index (χ3v) is 3.14. The molecular weight excluding hydrogens is 308 g/mol. The number of rotatable bonds is 5. The Labute approximate surface area is 137 Å². The first-order chi connectivity index (χ1) is 11.6. The van der Waals surface area contributed by atoms with E-state index in [0.29, 0.717) is 23.1 Å². The van der Waals surface area contributed by atoms with Gasteiger partial charge in [0.25, 0.3) is 0 Å². The van der Waals surface area contributed by atoms with Crippen molar-refractivity contribution in [3.8, 4) is 5.75 Å². The number of aromatic carboxylic acids is 1. The average molecular weight is 322 g/mol. The Morgan fingerprint density at radius 2 is 1.71 bits per heavy atom. The fraction of sp³-hybridized carbons (Fsp3) is 0. The van der Waals surface area contributed by atoms with E-state index in [1.807, 2.05) is 0 Å². The Balaban J connectivity index is 1.78. The molecule has 3 aromatic rings. The summed E-state index contributed by atoms with van der Waals surface area (Å²) >= 11 is 0. The summed E-state index contributed by atoms with van der Waals surface area (Å²) in [4.78, 5) is 19.4. The van der Waals surface area contributed by atoms with Gasteiger partial charge in [0, 0.05) is 23.6 Å². The lowest BCUT2D eigenvalue weighted by atomic mass is 10.2. The van der Waals surface area contributed by atoms with Crippen LogP contribution in [-0.4, -0.2) is 26.2 Å². The van der Waals surface area contributed by atoms with Crippen molar-refractivity contribution in [2.75, 3.05) is 10.6 Å². The monoisotopic (exact) mass is 322 g/mol. The van der Waals surface area contributed by atoms with E-state index >= 15 is 0 Å². The molecule has 2 aromatic carbocycles. The number of aromatic nitrogens is 2. The number of hydrogen-bond donors (Lipinski definition) is 4. The van der Waals surface area contributed by atoms with Gasteiger partial charge in [-0.3, -0.25) is 0 Å². The zero-order valence-corrected chi connectivity index (χ0v) is 12.5. The molecule has 0 saturated heterocycles. The van der Waals surface area contributed by atoms with Crippen molar-refractivity contribution in [2.24, 2.45) is 0 Å². The number of phenolic OH excluding ortho intramolecular Hbond substituents is 1. The van der Waals surface area contributed by atoms with Crippen molar-refractivity contribution >= 4 is 29.1 Å². The van der Waals surface area contributed by atoms with Gasteiger partial charge in [0.2, 0.25) is 5.95 Å². The van der Waals surface area contributed by atoms with E-state index in [1.165, 1.54) is 12.1 Å². The highest BCUT2D eigenvalue weighted by molar-refractivity contribution is 5.89. The molecule has 0 aliphatic carbocycles. The minimum atomic E-state index is -0.993. The molecule has 3 rings (SSSR count). The molecule has 1 aromatic heterocycles. The molecule has 24 heavy (non-hydrogen) atoms. The molecule has 7 heteroatoms. The maximum Gasteiger partial charge on any atom is 0.335 e. The number of nitrogens with one attached hydrogen (secondary N) is 2. The van der Waals surface area contributed by atoms with Crippen LogP contribution in [0.15, 0.2) is 60.8 Å². The summed E-state index contributed by atoms with van der Waals surface area (Å²) in [5, 5.41) is 24.5. The molecule has 7 nitrogen and oxygen atoms in total. The van der Waals surface area contributed by atoms with E-state index in [4.69, 9.17) is 5.11 Å². The number of nitrogens with zero attached hydrogens (tertiary/aromatic N) is 2. The summed E-state index contributed by atoms with van der Waals surface area (Å²) in [6.45, 7) is 0. The average Bonchev–Trinajstić information content (AvgIpc) is 2.55. The van der Waals surface area contributed by atoms with Gasteiger partial charge in [0.1, 0.15) is 11.6 Å². The highest BCUT2D eigenvalue weighted by atomic mass is 16.4. The Hall–Kier alpha value is -3.61. The van der Waals surface area contributed by atoms with Gasteiger partial charge in [0.05, 0.1) is 5.56 Å². The standard InChI is InChI=1S/C17H14N4O3/c22-14-6-2-5-13(10-14)20-17-18-8-7-15(21-17)19-12-4-1-3-11(9-12)16(23)24/h1-10,22H,(H,23,24)(H2,18,19,20,21). The van der Waals surface area contributed by atoms with E-state index in [-0.39, 0.29) is 11.3 Å². The smallest absolute Gasteiger partial charge is 0.335 e. The molecule has 0 aliphatic heterocycles. The van der Waals surface area contributed by atoms with Crippen LogP contribution in [0.1, 0.15) is 10.4 Å². The molecule has 0 fully saturated rings. The first kappa shape index (κ1) is 15.3. The van der Waals surface area contributed by atoms with Crippen LogP contribution in [0.3, 0.4) is 0 Å². The molecule has 0 bridgehead atoms. The zero-order valence-electron chi connectivity index (χ0n) is 12.5. The third kappa shape index (κ3) is 3.77. The number of anilines is 4. The minimum absolute atomic E-state index is 0.139. The highest BCUT2D eigenvalue weighted by Gasteiger charge is 2.05. The summed E-state index contributed by atoms with van der Waals surface area (Å²) in [7, 11) is 0. The molecule has 4 N–H and O–H groups in total. The second-order valence-electron chi connectivity index (χ2n) is 4.95. The Morgan fingerprint density at radius 3 is 2.46 bits per heavy atom. The lowest BCUT2D eigenvalue weighted by Gasteiger charge is -2.09. The van der Waals surface area contributed by atoms with Gasteiger partial charge >= 0.3 is 5.97 Å². The predicted octanol–water partition coefficient (Wildman–Crippen LogP) is 3.37. The van der Waals surface area contributed by atoms with Crippen molar-refractivity contribution in [3.05, 3.63) is 66.4 Å². The van der Waals surface area contributed by atoms with Crippen LogP contribution in [0.5, 0.6) is 5.75 Å². The number of benzene rings is 2. The highest BCUT2D eigenvalue weighted by Crippen LogP contribution is 2.20. The molecule has 120 valence electrons. The summed E-state index contributed by atoms with van der Waals surface area (Å²) < 4.78 is 0. The Morgan fingerprint density at radius 1 is 0.958 bits per heavy atom. The molecule has 1 heterocycles. The fourth-order valence-corrected chi connectivity index (χ4v) is 2.08. The molecule has 0 unspecified atom stereocenters. The quantitative estimate of drug-likeness (QED) is 0.570. The van der Waals surface area contributed by atoms with Gasteiger partial charge in [-0.05, 0) is 36.4 Å². The van der Waals surface area contributed by atoms with Crippen molar-refractivity contribution in [3.63, 3.8) is 0 Å². The zero-order chi connectivity index (χ0) is 16.9. The van der Waals surface area contributed by atoms with Crippen molar-refractivity contribution in [1.82, 2.24) is 9.97 Å². The maximum atomic E-state index is 11.0. The SMILES string of the molecule is O=C(O)c1cccc(Nc2ccnc(Nc3cccc(O)c3)n2)c1. The van der Waals surface area contributed by atoms with Gasteiger partial charge in [0.15, 0.2) is 0 Å². The van der Waals surface area contributed by atoms with E-state index in [9.17, 15) is 9.90 Å². The number of carboxylic acids is 1. The van der Waals surface area contributed by atoms with Crippen molar-refractivity contribution in [1.29, 1.82) is 0 Å². The largest absolute Gasteiger partial charge is 0.508 e. The van der Waals surface area contributed by atoms with Gasteiger partial charge in [-0.25, -0.2) is 9.78 Å². The van der Waals surface area contributed by atoms with Crippen LogP contribution in [-0.2, 0) is 0 Å². The van der Waals surface area contributed by atoms with Crippen LogP contribution >= 0.6 is 0 Å². The number of carbonyl (C=O) groups is 1. The summed E-state index contributed by atoms with van der Waals surface area (Å²) in [6.07, 6.45) is 1.57. The van der Waals surface area contributed by atoms with Gasteiger partial charge in [-0.15, -0.1) is 0 Å².